The number of nitrogens with zero attached hydrogens (tertiary/aromatic N) is 1. The molecule has 0 aliphatic carbocycles. The van der Waals surface area contributed by atoms with Gasteiger partial charge in [0.1, 0.15) is 0 Å². The van der Waals surface area contributed by atoms with Gasteiger partial charge in [-0.25, -0.2) is 0 Å². The molecule has 0 unspecified atom stereocenters. The highest BCUT2D eigenvalue weighted by Gasteiger charge is 2.17. The molecule has 2 rings (SSSR count). The summed E-state index contributed by atoms with van der Waals surface area (Å²) < 4.78 is 0. The Morgan fingerprint density at radius 1 is 1.38 bits per heavy atom. The molecular formula is C13H19ClN2. The average molecular weight is 239 g/mol. The van der Waals surface area contributed by atoms with Gasteiger partial charge in [0.2, 0.25) is 0 Å². The van der Waals surface area contributed by atoms with Gasteiger partial charge in [0, 0.05) is 17.6 Å². The van der Waals surface area contributed by atoms with Crippen LogP contribution in [0.5, 0.6) is 0 Å². The molecule has 1 aromatic carbocycles. The Bertz CT molecular complexity index is 332. The summed E-state index contributed by atoms with van der Waals surface area (Å²) in [5.41, 5.74) is 1.32. The summed E-state index contributed by atoms with van der Waals surface area (Å²) in [6, 6.07) is 8.87. The van der Waals surface area contributed by atoms with Crippen molar-refractivity contribution >= 4 is 11.6 Å². The van der Waals surface area contributed by atoms with E-state index in [0.717, 1.165) is 11.6 Å². The van der Waals surface area contributed by atoms with Crippen LogP contribution in [0.2, 0.25) is 5.02 Å². The van der Waals surface area contributed by atoms with Gasteiger partial charge in [-0.3, -0.25) is 4.90 Å². The second-order valence-electron chi connectivity index (χ2n) is 4.47. The molecule has 0 atom stereocenters. The molecule has 88 valence electrons. The van der Waals surface area contributed by atoms with Crippen molar-refractivity contribution in [1.29, 1.82) is 0 Å². The minimum absolute atomic E-state index is 0.704. The van der Waals surface area contributed by atoms with Crippen molar-refractivity contribution in [3.8, 4) is 0 Å². The molecule has 0 spiro atoms. The zero-order chi connectivity index (χ0) is 11.4. The SMILES string of the molecule is CNC1CCN(Cc2cccc(Cl)c2)CC1. The fraction of sp³-hybridized carbons (Fsp3) is 0.538. The number of rotatable bonds is 3. The first-order valence-corrected chi connectivity index (χ1v) is 6.30. The molecule has 16 heavy (non-hydrogen) atoms. The predicted molar refractivity (Wildman–Crippen MR) is 68.8 cm³/mol. The van der Waals surface area contributed by atoms with Gasteiger partial charge in [0.05, 0.1) is 0 Å². The molecular weight excluding hydrogens is 220 g/mol. The van der Waals surface area contributed by atoms with Crippen LogP contribution in [-0.2, 0) is 6.54 Å². The predicted octanol–water partition coefficient (Wildman–Crippen LogP) is 2.52. The highest BCUT2D eigenvalue weighted by molar-refractivity contribution is 6.30. The molecule has 1 fully saturated rings. The van der Waals surface area contributed by atoms with Gasteiger partial charge in [0.15, 0.2) is 0 Å². The van der Waals surface area contributed by atoms with Crippen molar-refractivity contribution in [2.45, 2.75) is 25.4 Å². The molecule has 0 bridgehead atoms. The van der Waals surface area contributed by atoms with Crippen LogP contribution in [0, 0.1) is 0 Å². The van der Waals surface area contributed by atoms with Crippen molar-refractivity contribution in [3.05, 3.63) is 34.9 Å². The molecule has 0 amide bonds. The monoisotopic (exact) mass is 238 g/mol. The zero-order valence-corrected chi connectivity index (χ0v) is 10.5. The van der Waals surface area contributed by atoms with Gasteiger partial charge in [0.25, 0.3) is 0 Å². The topological polar surface area (TPSA) is 15.3 Å². The third-order valence-electron chi connectivity index (χ3n) is 3.29. The van der Waals surface area contributed by atoms with Crippen LogP contribution in [0.1, 0.15) is 18.4 Å². The molecule has 1 aliphatic rings. The van der Waals surface area contributed by atoms with Crippen molar-refractivity contribution in [3.63, 3.8) is 0 Å². The van der Waals surface area contributed by atoms with E-state index in [2.05, 4.69) is 29.4 Å². The Balaban J connectivity index is 1.87. The summed E-state index contributed by atoms with van der Waals surface area (Å²) in [4.78, 5) is 2.50. The summed E-state index contributed by atoms with van der Waals surface area (Å²) in [7, 11) is 2.05. The van der Waals surface area contributed by atoms with E-state index in [1.807, 2.05) is 12.1 Å². The van der Waals surface area contributed by atoms with E-state index in [0.29, 0.717) is 6.04 Å². The van der Waals surface area contributed by atoms with E-state index in [1.165, 1.54) is 31.5 Å². The van der Waals surface area contributed by atoms with Gasteiger partial charge >= 0.3 is 0 Å². The summed E-state index contributed by atoms with van der Waals surface area (Å²) in [6.45, 7) is 3.38. The van der Waals surface area contributed by atoms with Gasteiger partial charge in [-0.1, -0.05) is 23.7 Å². The first-order chi connectivity index (χ1) is 7.78. The fourth-order valence-corrected chi connectivity index (χ4v) is 2.49. The Morgan fingerprint density at radius 2 is 2.12 bits per heavy atom. The molecule has 0 radical (unpaired) electrons. The van der Waals surface area contributed by atoms with E-state index in [9.17, 15) is 0 Å². The van der Waals surface area contributed by atoms with Crippen molar-refractivity contribution in [2.75, 3.05) is 20.1 Å². The van der Waals surface area contributed by atoms with E-state index in [4.69, 9.17) is 11.6 Å². The molecule has 1 N–H and O–H groups in total. The number of hydrogen-bond acceptors (Lipinski definition) is 2. The standard InChI is InChI=1S/C13H19ClN2/c1-15-13-5-7-16(8-6-13)10-11-3-2-4-12(14)9-11/h2-4,9,13,15H,5-8,10H2,1H3. The van der Waals surface area contributed by atoms with Crippen LogP contribution in [0.25, 0.3) is 0 Å². The highest BCUT2D eigenvalue weighted by Crippen LogP contribution is 2.16. The Morgan fingerprint density at radius 3 is 2.75 bits per heavy atom. The van der Waals surface area contributed by atoms with Crippen LogP contribution in [-0.4, -0.2) is 31.1 Å². The zero-order valence-electron chi connectivity index (χ0n) is 9.75. The Labute approximate surface area is 103 Å². The second kappa shape index (κ2) is 5.67. The Kier molecular flexibility index (Phi) is 4.22. The van der Waals surface area contributed by atoms with Crippen LogP contribution < -0.4 is 5.32 Å². The lowest BCUT2D eigenvalue weighted by Gasteiger charge is -2.31. The van der Waals surface area contributed by atoms with Gasteiger partial charge in [-0.15, -0.1) is 0 Å². The average Bonchev–Trinajstić information content (AvgIpc) is 2.30. The number of likely N-dealkylation sites (tertiary alicyclic amines) is 1. The summed E-state index contributed by atoms with van der Waals surface area (Å²) in [5.74, 6) is 0. The lowest BCUT2D eigenvalue weighted by Crippen LogP contribution is -2.40. The minimum atomic E-state index is 0.704. The molecule has 2 nitrogen and oxygen atoms in total. The number of benzene rings is 1. The van der Waals surface area contributed by atoms with Gasteiger partial charge in [-0.05, 0) is 50.7 Å². The first-order valence-electron chi connectivity index (χ1n) is 5.92. The van der Waals surface area contributed by atoms with E-state index < -0.39 is 0 Å². The van der Waals surface area contributed by atoms with E-state index in [-0.39, 0.29) is 0 Å². The molecule has 3 heteroatoms. The number of nitrogens with one attached hydrogen (secondary N) is 1. The second-order valence-corrected chi connectivity index (χ2v) is 4.91. The lowest BCUT2D eigenvalue weighted by molar-refractivity contribution is 0.194. The van der Waals surface area contributed by atoms with Crippen molar-refractivity contribution < 1.29 is 0 Å². The normalized spacial score (nSPS) is 18.9. The molecule has 0 aromatic heterocycles. The van der Waals surface area contributed by atoms with Crippen LogP contribution in [0.15, 0.2) is 24.3 Å². The molecule has 1 aromatic rings. The summed E-state index contributed by atoms with van der Waals surface area (Å²) in [6.07, 6.45) is 2.49. The minimum Gasteiger partial charge on any atom is -0.317 e. The highest BCUT2D eigenvalue weighted by atomic mass is 35.5. The van der Waals surface area contributed by atoms with E-state index in [1.54, 1.807) is 0 Å². The lowest BCUT2D eigenvalue weighted by atomic mass is 10.0. The quantitative estimate of drug-likeness (QED) is 0.871. The van der Waals surface area contributed by atoms with E-state index >= 15 is 0 Å². The maximum absolute atomic E-state index is 5.98. The van der Waals surface area contributed by atoms with Gasteiger partial charge in [-0.2, -0.15) is 0 Å². The van der Waals surface area contributed by atoms with Crippen molar-refractivity contribution in [2.24, 2.45) is 0 Å². The maximum Gasteiger partial charge on any atom is 0.0409 e. The third kappa shape index (κ3) is 3.21. The van der Waals surface area contributed by atoms with Gasteiger partial charge < -0.3 is 5.32 Å². The van der Waals surface area contributed by atoms with Crippen LogP contribution >= 0.6 is 11.6 Å². The smallest absolute Gasteiger partial charge is 0.0409 e. The summed E-state index contributed by atoms with van der Waals surface area (Å²) >= 11 is 5.98. The molecule has 0 saturated carbocycles. The number of hydrogen-bond donors (Lipinski definition) is 1. The fourth-order valence-electron chi connectivity index (χ4n) is 2.27. The Hall–Kier alpha value is -0.570. The summed E-state index contributed by atoms with van der Waals surface area (Å²) in [5, 5.41) is 4.19. The first kappa shape index (κ1) is 11.9. The third-order valence-corrected chi connectivity index (χ3v) is 3.53. The molecule has 1 saturated heterocycles. The maximum atomic E-state index is 5.98. The number of halogens is 1. The number of piperidine rings is 1. The van der Waals surface area contributed by atoms with Crippen LogP contribution in [0.3, 0.4) is 0 Å². The van der Waals surface area contributed by atoms with Crippen LogP contribution in [0.4, 0.5) is 0 Å². The molecule has 1 heterocycles. The van der Waals surface area contributed by atoms with Crippen molar-refractivity contribution in [1.82, 2.24) is 10.2 Å². The largest absolute Gasteiger partial charge is 0.317 e. The molecule has 1 aliphatic heterocycles.